The molecular formula is C16H20N6S. The SMILES string of the molecule is Cn1ncc2c(NC[C@@H](c3cccs3)N3CCCC3)ncnc21. The highest BCUT2D eigenvalue weighted by Crippen LogP contribution is 2.29. The summed E-state index contributed by atoms with van der Waals surface area (Å²) in [5.41, 5.74) is 0.858. The van der Waals surface area contributed by atoms with Crippen molar-refractivity contribution in [2.45, 2.75) is 18.9 Å². The van der Waals surface area contributed by atoms with Crippen LogP contribution in [-0.4, -0.2) is 44.3 Å². The van der Waals surface area contributed by atoms with Gasteiger partial charge in [0.2, 0.25) is 0 Å². The summed E-state index contributed by atoms with van der Waals surface area (Å²) in [5, 5.41) is 10.9. The molecule has 1 saturated heterocycles. The normalized spacial score (nSPS) is 16.9. The van der Waals surface area contributed by atoms with Crippen molar-refractivity contribution in [2.24, 2.45) is 7.05 Å². The molecule has 0 aliphatic carbocycles. The smallest absolute Gasteiger partial charge is 0.163 e. The van der Waals surface area contributed by atoms with Crippen molar-refractivity contribution < 1.29 is 0 Å². The summed E-state index contributed by atoms with van der Waals surface area (Å²) in [4.78, 5) is 12.7. The fourth-order valence-electron chi connectivity index (χ4n) is 3.24. The number of aryl methyl sites for hydroxylation is 1. The minimum Gasteiger partial charge on any atom is -0.367 e. The molecule has 0 radical (unpaired) electrons. The zero-order valence-electron chi connectivity index (χ0n) is 13.1. The summed E-state index contributed by atoms with van der Waals surface area (Å²) in [6, 6.07) is 4.77. The molecule has 1 aliphatic heterocycles. The van der Waals surface area contributed by atoms with Gasteiger partial charge in [-0.05, 0) is 37.4 Å². The van der Waals surface area contributed by atoms with Gasteiger partial charge in [0.25, 0.3) is 0 Å². The lowest BCUT2D eigenvalue weighted by atomic mass is 10.2. The van der Waals surface area contributed by atoms with E-state index in [1.165, 1.54) is 30.8 Å². The molecule has 7 heteroatoms. The Bertz CT molecular complexity index is 775. The number of aromatic nitrogens is 4. The Balaban J connectivity index is 1.57. The number of likely N-dealkylation sites (tertiary alicyclic amines) is 1. The Labute approximate surface area is 139 Å². The largest absolute Gasteiger partial charge is 0.367 e. The molecule has 3 aromatic heterocycles. The Kier molecular flexibility index (Phi) is 3.97. The molecule has 0 saturated carbocycles. The Hall–Kier alpha value is -1.99. The van der Waals surface area contributed by atoms with Crippen LogP contribution in [0, 0.1) is 0 Å². The Morgan fingerprint density at radius 3 is 2.96 bits per heavy atom. The maximum atomic E-state index is 4.41. The minimum absolute atomic E-state index is 0.402. The summed E-state index contributed by atoms with van der Waals surface area (Å²) in [5.74, 6) is 0.865. The molecule has 0 spiro atoms. The van der Waals surface area contributed by atoms with Crippen LogP contribution in [0.5, 0.6) is 0 Å². The molecular weight excluding hydrogens is 308 g/mol. The second-order valence-electron chi connectivity index (χ2n) is 5.88. The number of rotatable bonds is 5. The molecule has 120 valence electrons. The molecule has 6 nitrogen and oxygen atoms in total. The molecule has 1 fully saturated rings. The van der Waals surface area contributed by atoms with Gasteiger partial charge in [-0.1, -0.05) is 6.07 Å². The van der Waals surface area contributed by atoms with Gasteiger partial charge in [-0.2, -0.15) is 5.10 Å². The van der Waals surface area contributed by atoms with Crippen LogP contribution in [0.1, 0.15) is 23.8 Å². The lowest BCUT2D eigenvalue weighted by Gasteiger charge is -2.27. The van der Waals surface area contributed by atoms with Crippen molar-refractivity contribution in [3.63, 3.8) is 0 Å². The predicted octanol–water partition coefficient (Wildman–Crippen LogP) is 2.67. The van der Waals surface area contributed by atoms with E-state index >= 15 is 0 Å². The van der Waals surface area contributed by atoms with E-state index in [1.807, 2.05) is 24.6 Å². The van der Waals surface area contributed by atoms with Crippen molar-refractivity contribution in [3.8, 4) is 0 Å². The van der Waals surface area contributed by atoms with Crippen molar-refractivity contribution in [2.75, 3.05) is 25.0 Å². The van der Waals surface area contributed by atoms with Crippen LogP contribution >= 0.6 is 11.3 Å². The molecule has 0 unspecified atom stereocenters. The monoisotopic (exact) mass is 328 g/mol. The van der Waals surface area contributed by atoms with Crippen LogP contribution in [-0.2, 0) is 7.05 Å². The zero-order chi connectivity index (χ0) is 15.6. The third kappa shape index (κ3) is 2.82. The molecule has 23 heavy (non-hydrogen) atoms. The van der Waals surface area contributed by atoms with E-state index in [9.17, 15) is 0 Å². The highest BCUT2D eigenvalue weighted by Gasteiger charge is 2.24. The van der Waals surface area contributed by atoms with Gasteiger partial charge in [-0.25, -0.2) is 9.97 Å². The van der Waals surface area contributed by atoms with Crippen LogP contribution in [0.15, 0.2) is 30.0 Å². The van der Waals surface area contributed by atoms with Gasteiger partial charge in [0.1, 0.15) is 12.1 Å². The fourth-order valence-corrected chi connectivity index (χ4v) is 4.10. The highest BCUT2D eigenvalue weighted by atomic mass is 32.1. The van der Waals surface area contributed by atoms with Crippen LogP contribution in [0.2, 0.25) is 0 Å². The van der Waals surface area contributed by atoms with Gasteiger partial charge in [-0.15, -0.1) is 11.3 Å². The van der Waals surface area contributed by atoms with Gasteiger partial charge < -0.3 is 5.32 Å². The quantitative estimate of drug-likeness (QED) is 0.780. The Morgan fingerprint density at radius 1 is 1.30 bits per heavy atom. The average Bonchev–Trinajstić information content (AvgIpc) is 3.31. The third-order valence-corrected chi connectivity index (χ3v) is 5.42. The fraction of sp³-hybridized carbons (Fsp3) is 0.438. The molecule has 0 amide bonds. The van der Waals surface area contributed by atoms with Gasteiger partial charge in [0, 0.05) is 18.5 Å². The first-order valence-electron chi connectivity index (χ1n) is 7.97. The van der Waals surface area contributed by atoms with Crippen molar-refractivity contribution in [1.29, 1.82) is 0 Å². The van der Waals surface area contributed by atoms with Crippen molar-refractivity contribution in [3.05, 3.63) is 34.9 Å². The van der Waals surface area contributed by atoms with E-state index in [0.717, 1.165) is 23.4 Å². The summed E-state index contributed by atoms with van der Waals surface area (Å²) in [6.45, 7) is 3.20. The third-order valence-electron chi connectivity index (χ3n) is 4.45. The van der Waals surface area contributed by atoms with Gasteiger partial charge in [0.15, 0.2) is 5.65 Å². The second kappa shape index (κ2) is 6.25. The minimum atomic E-state index is 0.402. The van der Waals surface area contributed by atoms with Crippen molar-refractivity contribution >= 4 is 28.2 Å². The van der Waals surface area contributed by atoms with Crippen molar-refractivity contribution in [1.82, 2.24) is 24.6 Å². The second-order valence-corrected chi connectivity index (χ2v) is 6.86. The molecule has 0 aromatic carbocycles. The molecule has 1 aliphatic rings. The van der Waals surface area contributed by atoms with Crippen LogP contribution in [0.3, 0.4) is 0 Å². The Morgan fingerprint density at radius 2 is 2.17 bits per heavy atom. The van der Waals surface area contributed by atoms with Gasteiger partial charge >= 0.3 is 0 Å². The molecule has 4 rings (SSSR count). The number of hydrogen-bond donors (Lipinski definition) is 1. The van der Waals surface area contributed by atoms with Gasteiger partial charge in [-0.3, -0.25) is 9.58 Å². The van der Waals surface area contributed by atoms with Crippen LogP contribution in [0.4, 0.5) is 5.82 Å². The molecule has 4 heterocycles. The van der Waals surface area contributed by atoms with E-state index in [-0.39, 0.29) is 0 Å². The standard InChI is InChI=1S/C16H20N6S/c1-21-16-12(9-20-21)15(18-11-19-16)17-10-13(14-5-4-8-23-14)22-6-2-3-7-22/h4-5,8-9,11,13H,2-3,6-7,10H2,1H3,(H,17,18,19)/t13-/m0/s1. The number of fused-ring (bicyclic) bond motifs is 1. The maximum Gasteiger partial charge on any atom is 0.163 e. The molecule has 0 bridgehead atoms. The summed E-state index contributed by atoms with van der Waals surface area (Å²) in [7, 11) is 1.90. The van der Waals surface area contributed by atoms with E-state index in [2.05, 4.69) is 42.8 Å². The van der Waals surface area contributed by atoms with Crippen LogP contribution < -0.4 is 5.32 Å². The van der Waals surface area contributed by atoms with Crippen LogP contribution in [0.25, 0.3) is 11.0 Å². The first-order chi connectivity index (χ1) is 11.3. The molecule has 3 aromatic rings. The summed E-state index contributed by atoms with van der Waals surface area (Å²) >= 11 is 1.83. The number of anilines is 1. The number of nitrogens with one attached hydrogen (secondary N) is 1. The topological polar surface area (TPSA) is 58.9 Å². The number of hydrogen-bond acceptors (Lipinski definition) is 6. The predicted molar refractivity (Wildman–Crippen MR) is 92.7 cm³/mol. The summed E-state index contributed by atoms with van der Waals surface area (Å²) in [6.07, 6.45) is 6.01. The van der Waals surface area contributed by atoms with Gasteiger partial charge in [0.05, 0.1) is 17.6 Å². The first-order valence-corrected chi connectivity index (χ1v) is 8.85. The summed E-state index contributed by atoms with van der Waals surface area (Å²) < 4.78 is 1.78. The maximum absolute atomic E-state index is 4.41. The first kappa shape index (κ1) is 14.6. The number of nitrogens with zero attached hydrogens (tertiary/aromatic N) is 5. The average molecular weight is 328 g/mol. The molecule has 1 atom stereocenters. The molecule has 1 N–H and O–H groups in total. The van der Waals surface area contributed by atoms with E-state index in [4.69, 9.17) is 0 Å². The lowest BCUT2D eigenvalue weighted by molar-refractivity contribution is 0.259. The highest BCUT2D eigenvalue weighted by molar-refractivity contribution is 7.10. The lowest BCUT2D eigenvalue weighted by Crippen LogP contribution is -2.30. The van der Waals surface area contributed by atoms with E-state index in [1.54, 1.807) is 11.0 Å². The zero-order valence-corrected chi connectivity index (χ0v) is 14.0. The van der Waals surface area contributed by atoms with E-state index < -0.39 is 0 Å². The number of thiophene rings is 1. The van der Waals surface area contributed by atoms with E-state index in [0.29, 0.717) is 6.04 Å².